The van der Waals surface area contributed by atoms with E-state index in [0.717, 1.165) is 35.5 Å². The van der Waals surface area contributed by atoms with E-state index in [0.29, 0.717) is 11.4 Å². The number of hydrogen-bond acceptors (Lipinski definition) is 6. The van der Waals surface area contributed by atoms with Crippen molar-refractivity contribution in [2.75, 3.05) is 31.1 Å². The summed E-state index contributed by atoms with van der Waals surface area (Å²) in [5.74, 6) is -0.0625. The molecule has 2 aromatic heterocycles. The molecule has 0 atom stereocenters. The second-order valence-electron chi connectivity index (χ2n) is 7.81. The summed E-state index contributed by atoms with van der Waals surface area (Å²) in [5.41, 5.74) is 1.98. The lowest BCUT2D eigenvalue weighted by molar-refractivity contribution is 0.0954. The second-order valence-corrected chi connectivity index (χ2v) is 8.82. The number of nitrogens with one attached hydrogen (secondary N) is 1. The van der Waals surface area contributed by atoms with Crippen molar-refractivity contribution in [1.82, 2.24) is 20.2 Å². The minimum Gasteiger partial charge on any atom is -0.348 e. The number of aryl methyl sites for hydroxylation is 1. The fourth-order valence-electron chi connectivity index (χ4n) is 4.09. The Bertz CT molecular complexity index is 776. The van der Waals surface area contributed by atoms with E-state index in [2.05, 4.69) is 25.1 Å². The lowest BCUT2D eigenvalue weighted by atomic mass is 10.0. The Hall–Kier alpha value is -1.99. The van der Waals surface area contributed by atoms with Crippen molar-refractivity contribution in [2.24, 2.45) is 0 Å². The molecule has 0 aromatic carbocycles. The fraction of sp³-hybridized carbons (Fsp3) is 0.571. The van der Waals surface area contributed by atoms with Gasteiger partial charge in [0.1, 0.15) is 4.88 Å². The zero-order valence-electron chi connectivity index (χ0n) is 16.6. The first kappa shape index (κ1) is 19.3. The van der Waals surface area contributed by atoms with Crippen LogP contribution in [-0.4, -0.2) is 53.0 Å². The number of hydrogen-bond donors (Lipinski definition) is 1. The lowest BCUT2D eigenvalue weighted by Gasteiger charge is -2.40. The Labute approximate surface area is 171 Å². The minimum atomic E-state index is -0.0625. The van der Waals surface area contributed by atoms with Crippen LogP contribution in [0.4, 0.5) is 5.13 Å². The van der Waals surface area contributed by atoms with Crippen LogP contribution in [-0.2, 0) is 6.54 Å². The van der Waals surface area contributed by atoms with Crippen molar-refractivity contribution in [3.05, 3.63) is 40.7 Å². The van der Waals surface area contributed by atoms with E-state index in [9.17, 15) is 4.79 Å². The first-order chi connectivity index (χ1) is 13.7. The van der Waals surface area contributed by atoms with E-state index in [1.165, 1.54) is 56.5 Å². The second kappa shape index (κ2) is 9.01. The first-order valence-electron chi connectivity index (χ1n) is 10.3. The fourth-order valence-corrected chi connectivity index (χ4v) is 4.98. The Morgan fingerprint density at radius 1 is 1.11 bits per heavy atom. The molecule has 2 saturated heterocycles. The number of amides is 1. The molecule has 1 amide bonds. The molecule has 0 spiro atoms. The SMILES string of the molecule is Cc1ccc(CNC(=O)c2cnc(N3CCC(N4CCCCC4)CC3)s2)cn1. The van der Waals surface area contributed by atoms with Gasteiger partial charge < -0.3 is 15.1 Å². The summed E-state index contributed by atoms with van der Waals surface area (Å²) in [4.78, 5) is 26.9. The summed E-state index contributed by atoms with van der Waals surface area (Å²) in [7, 11) is 0. The van der Waals surface area contributed by atoms with Crippen molar-refractivity contribution in [3.63, 3.8) is 0 Å². The summed E-state index contributed by atoms with van der Waals surface area (Å²) in [6.45, 7) is 7.04. The molecule has 4 heterocycles. The van der Waals surface area contributed by atoms with Crippen LogP contribution >= 0.6 is 11.3 Å². The van der Waals surface area contributed by atoms with Gasteiger partial charge in [-0.15, -0.1) is 0 Å². The molecule has 0 radical (unpaired) electrons. The number of thiazole rings is 1. The number of anilines is 1. The number of nitrogens with zero attached hydrogens (tertiary/aromatic N) is 4. The average Bonchev–Trinajstić information content (AvgIpc) is 3.24. The Kier molecular flexibility index (Phi) is 6.22. The van der Waals surface area contributed by atoms with Gasteiger partial charge in [0, 0.05) is 37.6 Å². The molecule has 2 fully saturated rings. The van der Waals surface area contributed by atoms with Gasteiger partial charge in [0.2, 0.25) is 0 Å². The van der Waals surface area contributed by atoms with Gasteiger partial charge in [-0.05, 0) is 57.3 Å². The highest BCUT2D eigenvalue weighted by Gasteiger charge is 2.27. The minimum absolute atomic E-state index is 0.0625. The molecule has 0 saturated carbocycles. The van der Waals surface area contributed by atoms with Crippen LogP contribution in [0.3, 0.4) is 0 Å². The third-order valence-electron chi connectivity index (χ3n) is 5.79. The smallest absolute Gasteiger partial charge is 0.263 e. The molecule has 150 valence electrons. The predicted octanol–water partition coefficient (Wildman–Crippen LogP) is 3.23. The quantitative estimate of drug-likeness (QED) is 0.836. The number of carbonyl (C=O) groups excluding carboxylic acids is 1. The molecule has 7 heteroatoms. The zero-order chi connectivity index (χ0) is 19.3. The van der Waals surface area contributed by atoms with Crippen molar-refractivity contribution in [1.29, 1.82) is 0 Å². The summed E-state index contributed by atoms with van der Waals surface area (Å²) in [6, 6.07) is 4.68. The topological polar surface area (TPSA) is 61.4 Å². The van der Waals surface area contributed by atoms with Gasteiger partial charge >= 0.3 is 0 Å². The summed E-state index contributed by atoms with van der Waals surface area (Å²) in [6.07, 6.45) is 10.00. The van der Waals surface area contributed by atoms with Crippen LogP contribution in [0.5, 0.6) is 0 Å². The highest BCUT2D eigenvalue weighted by molar-refractivity contribution is 7.17. The largest absolute Gasteiger partial charge is 0.348 e. The molecule has 1 N–H and O–H groups in total. The predicted molar refractivity (Wildman–Crippen MR) is 113 cm³/mol. The zero-order valence-corrected chi connectivity index (χ0v) is 17.4. The van der Waals surface area contributed by atoms with E-state index in [1.807, 2.05) is 19.1 Å². The van der Waals surface area contributed by atoms with Crippen molar-refractivity contribution >= 4 is 22.4 Å². The first-order valence-corrected chi connectivity index (χ1v) is 11.2. The third-order valence-corrected chi connectivity index (χ3v) is 6.84. The van der Waals surface area contributed by atoms with E-state index >= 15 is 0 Å². The van der Waals surface area contributed by atoms with Gasteiger partial charge in [0.25, 0.3) is 5.91 Å². The molecule has 0 bridgehead atoms. The third kappa shape index (κ3) is 4.70. The number of carbonyl (C=O) groups is 1. The van der Waals surface area contributed by atoms with Gasteiger partial charge in [-0.2, -0.15) is 0 Å². The van der Waals surface area contributed by atoms with Gasteiger partial charge in [0.05, 0.1) is 6.20 Å². The van der Waals surface area contributed by atoms with Gasteiger partial charge in [-0.1, -0.05) is 23.8 Å². The van der Waals surface area contributed by atoms with Crippen LogP contribution in [0.15, 0.2) is 24.5 Å². The summed E-state index contributed by atoms with van der Waals surface area (Å²) in [5, 5.41) is 3.94. The summed E-state index contributed by atoms with van der Waals surface area (Å²) >= 11 is 1.50. The molecule has 2 aliphatic rings. The van der Waals surface area contributed by atoms with Crippen molar-refractivity contribution in [2.45, 2.75) is 51.6 Å². The number of likely N-dealkylation sites (tertiary alicyclic amines) is 1. The van der Waals surface area contributed by atoms with E-state index in [1.54, 1.807) is 12.4 Å². The van der Waals surface area contributed by atoms with E-state index < -0.39 is 0 Å². The molecule has 2 aliphatic heterocycles. The maximum absolute atomic E-state index is 12.5. The van der Waals surface area contributed by atoms with E-state index in [4.69, 9.17) is 0 Å². The molecule has 6 nitrogen and oxygen atoms in total. The van der Waals surface area contributed by atoms with E-state index in [-0.39, 0.29) is 5.91 Å². The number of piperidine rings is 2. The summed E-state index contributed by atoms with van der Waals surface area (Å²) < 4.78 is 0. The Balaban J connectivity index is 1.28. The standard InChI is InChI=1S/C21H29N5OS/c1-16-5-6-17(13-22-16)14-23-20(27)19-15-24-21(28-19)26-11-7-18(8-12-26)25-9-3-2-4-10-25/h5-6,13,15,18H,2-4,7-12,14H2,1H3,(H,23,27). The molecule has 4 rings (SSSR count). The van der Waals surface area contributed by atoms with Gasteiger partial charge in [-0.3, -0.25) is 9.78 Å². The van der Waals surface area contributed by atoms with Crippen LogP contribution in [0.25, 0.3) is 0 Å². The molecule has 0 aliphatic carbocycles. The molecule has 0 unspecified atom stereocenters. The normalized spacial score (nSPS) is 19.0. The number of rotatable bonds is 5. The van der Waals surface area contributed by atoms with Crippen molar-refractivity contribution < 1.29 is 4.79 Å². The van der Waals surface area contributed by atoms with Crippen LogP contribution in [0.2, 0.25) is 0 Å². The highest BCUT2D eigenvalue weighted by Crippen LogP contribution is 2.28. The van der Waals surface area contributed by atoms with Gasteiger partial charge in [-0.25, -0.2) is 4.98 Å². The number of aromatic nitrogens is 2. The number of pyridine rings is 1. The molecule has 28 heavy (non-hydrogen) atoms. The maximum atomic E-state index is 12.5. The maximum Gasteiger partial charge on any atom is 0.263 e. The Morgan fingerprint density at radius 2 is 1.89 bits per heavy atom. The van der Waals surface area contributed by atoms with Gasteiger partial charge in [0.15, 0.2) is 5.13 Å². The highest BCUT2D eigenvalue weighted by atomic mass is 32.1. The monoisotopic (exact) mass is 399 g/mol. The Morgan fingerprint density at radius 3 is 2.61 bits per heavy atom. The molecular weight excluding hydrogens is 370 g/mol. The molecular formula is C21H29N5OS. The van der Waals surface area contributed by atoms with Crippen molar-refractivity contribution in [3.8, 4) is 0 Å². The lowest BCUT2D eigenvalue weighted by Crippen LogP contribution is -2.46. The van der Waals surface area contributed by atoms with Crippen LogP contribution < -0.4 is 10.2 Å². The average molecular weight is 400 g/mol. The van der Waals surface area contributed by atoms with Crippen LogP contribution in [0.1, 0.15) is 53.0 Å². The van der Waals surface area contributed by atoms with Crippen LogP contribution in [0, 0.1) is 6.92 Å². The molecule has 2 aromatic rings.